The number of benzene rings is 1. The summed E-state index contributed by atoms with van der Waals surface area (Å²) >= 11 is 1.91. The summed E-state index contributed by atoms with van der Waals surface area (Å²) < 4.78 is 4.93. The Bertz CT molecular complexity index is 568. The van der Waals surface area contributed by atoms with Crippen molar-refractivity contribution < 1.29 is 9.53 Å². The van der Waals surface area contributed by atoms with Crippen molar-refractivity contribution in [2.24, 2.45) is 10.9 Å². The van der Waals surface area contributed by atoms with E-state index in [1.165, 1.54) is 4.90 Å². The fraction of sp³-hybridized carbons (Fsp3) is 0.579. The van der Waals surface area contributed by atoms with Crippen molar-refractivity contribution in [1.82, 2.24) is 15.5 Å². The number of likely N-dealkylation sites (tertiary alicyclic amines) is 1. The molecule has 1 heterocycles. The first kappa shape index (κ1) is 20.6. The Morgan fingerprint density at radius 2 is 2.15 bits per heavy atom. The predicted octanol–water partition coefficient (Wildman–Crippen LogP) is 1.83. The van der Waals surface area contributed by atoms with Crippen LogP contribution in [-0.2, 0) is 9.53 Å². The molecule has 144 valence electrons. The van der Waals surface area contributed by atoms with E-state index in [1.807, 2.05) is 24.8 Å². The number of rotatable bonds is 9. The quantitative estimate of drug-likeness (QED) is 0.297. The lowest BCUT2D eigenvalue weighted by molar-refractivity contribution is -0.119. The molecule has 0 spiro atoms. The normalized spacial score (nSPS) is 17.4. The van der Waals surface area contributed by atoms with Crippen LogP contribution in [0, 0.1) is 5.92 Å². The van der Waals surface area contributed by atoms with Crippen molar-refractivity contribution >= 4 is 23.6 Å². The SMILES string of the molecule is CCNC(=NCC(=O)NCCOC)N1CCC(CSc2ccccc2)C1. The van der Waals surface area contributed by atoms with E-state index in [-0.39, 0.29) is 12.5 Å². The van der Waals surface area contributed by atoms with Gasteiger partial charge in [-0.2, -0.15) is 0 Å². The molecule has 1 aliphatic rings. The van der Waals surface area contributed by atoms with Crippen molar-refractivity contribution in [3.8, 4) is 0 Å². The van der Waals surface area contributed by atoms with Gasteiger partial charge in [0.1, 0.15) is 6.54 Å². The van der Waals surface area contributed by atoms with Crippen LogP contribution in [0.25, 0.3) is 0 Å². The lowest BCUT2D eigenvalue weighted by Crippen LogP contribution is -2.41. The van der Waals surface area contributed by atoms with Crippen LogP contribution in [0.4, 0.5) is 0 Å². The number of carbonyl (C=O) groups is 1. The zero-order chi connectivity index (χ0) is 18.6. The minimum atomic E-state index is -0.0761. The molecular weight excluding hydrogens is 348 g/mol. The third kappa shape index (κ3) is 7.25. The summed E-state index contributed by atoms with van der Waals surface area (Å²) in [5.74, 6) is 2.51. The molecule has 1 fully saturated rings. The first-order valence-electron chi connectivity index (χ1n) is 9.19. The highest BCUT2D eigenvalue weighted by Crippen LogP contribution is 2.25. The van der Waals surface area contributed by atoms with Crippen LogP contribution < -0.4 is 10.6 Å². The minimum absolute atomic E-state index is 0.0761. The maximum absolute atomic E-state index is 11.8. The highest BCUT2D eigenvalue weighted by Gasteiger charge is 2.25. The summed E-state index contributed by atoms with van der Waals surface area (Å²) in [4.78, 5) is 19.9. The number of methoxy groups -OCH3 is 1. The Morgan fingerprint density at radius 1 is 1.35 bits per heavy atom. The largest absolute Gasteiger partial charge is 0.383 e. The molecule has 0 bridgehead atoms. The van der Waals surface area contributed by atoms with Gasteiger partial charge in [0.05, 0.1) is 6.61 Å². The van der Waals surface area contributed by atoms with Crippen LogP contribution in [0.5, 0.6) is 0 Å². The van der Waals surface area contributed by atoms with Gasteiger partial charge in [0.2, 0.25) is 5.91 Å². The van der Waals surface area contributed by atoms with E-state index in [1.54, 1.807) is 7.11 Å². The van der Waals surface area contributed by atoms with Crippen molar-refractivity contribution in [2.75, 3.05) is 52.2 Å². The van der Waals surface area contributed by atoms with Crippen LogP contribution in [-0.4, -0.2) is 69.0 Å². The van der Waals surface area contributed by atoms with E-state index in [0.29, 0.717) is 19.1 Å². The first-order chi connectivity index (χ1) is 12.7. The minimum Gasteiger partial charge on any atom is -0.383 e. The standard InChI is InChI=1S/C19H30N4O2S/c1-3-20-19(22-13-18(24)21-10-12-25-2)23-11-9-16(14-23)15-26-17-7-5-4-6-8-17/h4-8,16H,3,9-15H2,1-2H3,(H,20,22)(H,21,24). The summed E-state index contributed by atoms with van der Waals surface area (Å²) in [5.41, 5.74) is 0. The number of hydrogen-bond acceptors (Lipinski definition) is 4. The summed E-state index contributed by atoms with van der Waals surface area (Å²) in [7, 11) is 1.62. The van der Waals surface area contributed by atoms with Crippen LogP contribution in [0.2, 0.25) is 0 Å². The van der Waals surface area contributed by atoms with Crippen molar-refractivity contribution in [1.29, 1.82) is 0 Å². The molecular formula is C19H30N4O2S. The topological polar surface area (TPSA) is 66.0 Å². The molecule has 1 amide bonds. The Labute approximate surface area is 160 Å². The molecule has 1 aromatic rings. The van der Waals surface area contributed by atoms with Gasteiger partial charge in [-0.15, -0.1) is 11.8 Å². The van der Waals surface area contributed by atoms with Crippen LogP contribution in [0.15, 0.2) is 40.2 Å². The van der Waals surface area contributed by atoms with Gasteiger partial charge < -0.3 is 20.3 Å². The highest BCUT2D eigenvalue weighted by atomic mass is 32.2. The molecule has 2 rings (SSSR count). The van der Waals surface area contributed by atoms with Gasteiger partial charge in [-0.3, -0.25) is 4.79 Å². The van der Waals surface area contributed by atoms with Gasteiger partial charge in [-0.05, 0) is 31.4 Å². The fourth-order valence-electron chi connectivity index (χ4n) is 2.81. The fourth-order valence-corrected chi connectivity index (χ4v) is 3.86. The second-order valence-corrected chi connectivity index (χ2v) is 7.33. The van der Waals surface area contributed by atoms with E-state index in [0.717, 1.165) is 37.8 Å². The second kappa shape index (κ2) is 11.8. The summed E-state index contributed by atoms with van der Waals surface area (Å²) in [5, 5.41) is 6.10. The molecule has 0 radical (unpaired) electrons. The molecule has 0 aliphatic carbocycles. The molecule has 0 aromatic heterocycles. The predicted molar refractivity (Wildman–Crippen MR) is 108 cm³/mol. The molecule has 1 atom stereocenters. The van der Waals surface area contributed by atoms with Gasteiger partial charge in [0, 0.05) is 43.9 Å². The maximum Gasteiger partial charge on any atom is 0.241 e. The van der Waals surface area contributed by atoms with Crippen LogP contribution in [0.3, 0.4) is 0 Å². The number of nitrogens with zero attached hydrogens (tertiary/aromatic N) is 2. The average molecular weight is 379 g/mol. The average Bonchev–Trinajstić information content (AvgIpc) is 3.13. The monoisotopic (exact) mass is 378 g/mol. The number of nitrogens with one attached hydrogen (secondary N) is 2. The number of thioether (sulfide) groups is 1. The Hall–Kier alpha value is -1.73. The Kier molecular flexibility index (Phi) is 9.34. The first-order valence-corrected chi connectivity index (χ1v) is 10.2. The molecule has 7 heteroatoms. The molecule has 1 aliphatic heterocycles. The van der Waals surface area contributed by atoms with Gasteiger partial charge in [-0.1, -0.05) is 18.2 Å². The molecule has 2 N–H and O–H groups in total. The smallest absolute Gasteiger partial charge is 0.241 e. The molecule has 1 unspecified atom stereocenters. The molecule has 1 saturated heterocycles. The van der Waals surface area contributed by atoms with Gasteiger partial charge in [0.25, 0.3) is 0 Å². The summed E-state index contributed by atoms with van der Waals surface area (Å²) in [6, 6.07) is 10.5. The Balaban J connectivity index is 1.80. The van der Waals surface area contributed by atoms with E-state index in [4.69, 9.17) is 4.74 Å². The zero-order valence-corrected chi connectivity index (χ0v) is 16.6. The second-order valence-electron chi connectivity index (χ2n) is 6.24. The molecule has 26 heavy (non-hydrogen) atoms. The van der Waals surface area contributed by atoms with E-state index in [2.05, 4.69) is 44.8 Å². The number of carbonyl (C=O) groups excluding carboxylic acids is 1. The number of ether oxygens (including phenoxy) is 1. The number of guanidine groups is 1. The Morgan fingerprint density at radius 3 is 2.88 bits per heavy atom. The molecule has 6 nitrogen and oxygen atoms in total. The summed E-state index contributed by atoms with van der Waals surface area (Å²) in [6.45, 7) is 5.99. The lowest BCUT2D eigenvalue weighted by Gasteiger charge is -2.21. The van der Waals surface area contributed by atoms with Gasteiger partial charge >= 0.3 is 0 Å². The highest BCUT2D eigenvalue weighted by molar-refractivity contribution is 7.99. The molecule has 1 aromatic carbocycles. The van der Waals surface area contributed by atoms with E-state index in [9.17, 15) is 4.79 Å². The van der Waals surface area contributed by atoms with Gasteiger partial charge in [-0.25, -0.2) is 4.99 Å². The molecule has 0 saturated carbocycles. The maximum atomic E-state index is 11.8. The van der Waals surface area contributed by atoms with Crippen LogP contribution >= 0.6 is 11.8 Å². The lowest BCUT2D eigenvalue weighted by atomic mass is 10.2. The van der Waals surface area contributed by atoms with Crippen LogP contribution in [0.1, 0.15) is 13.3 Å². The number of hydrogen-bond donors (Lipinski definition) is 2. The number of amides is 1. The number of aliphatic imine (C=N–C) groups is 1. The zero-order valence-electron chi connectivity index (χ0n) is 15.7. The van der Waals surface area contributed by atoms with Crippen molar-refractivity contribution in [2.45, 2.75) is 18.2 Å². The van der Waals surface area contributed by atoms with Crippen molar-refractivity contribution in [3.63, 3.8) is 0 Å². The van der Waals surface area contributed by atoms with E-state index >= 15 is 0 Å². The third-order valence-corrected chi connectivity index (χ3v) is 5.39. The van der Waals surface area contributed by atoms with Gasteiger partial charge in [0.15, 0.2) is 5.96 Å². The van der Waals surface area contributed by atoms with Crippen molar-refractivity contribution in [3.05, 3.63) is 30.3 Å². The third-order valence-electron chi connectivity index (χ3n) is 4.15. The van der Waals surface area contributed by atoms with E-state index < -0.39 is 0 Å². The summed E-state index contributed by atoms with van der Waals surface area (Å²) in [6.07, 6.45) is 1.16.